The van der Waals surface area contributed by atoms with Crippen LogP contribution in [0.2, 0.25) is 10.0 Å². The van der Waals surface area contributed by atoms with Crippen LogP contribution in [0.25, 0.3) is 4.85 Å². The Kier molecular flexibility index (Phi) is 6.93. The number of allylic oxidation sites excluding steroid dienone is 3. The molecule has 0 saturated carbocycles. The third kappa shape index (κ3) is 4.79. The van der Waals surface area contributed by atoms with E-state index in [1.54, 1.807) is 30.3 Å². The van der Waals surface area contributed by atoms with Gasteiger partial charge in [0.2, 0.25) is 0 Å². The Balaban J connectivity index is 1.72. The Labute approximate surface area is 208 Å². The highest BCUT2D eigenvalue weighted by Crippen LogP contribution is 2.42. The molecule has 0 spiro atoms. The SMILES string of the molecule is [C-]#[N+]C1=C(C)NC(C)=C(C(=O)Nc2ccccc2Oc2ccccc2)C1c1ccc(Cl)cc1Cl. The molecule has 4 rings (SSSR count). The van der Waals surface area contributed by atoms with Gasteiger partial charge in [0.25, 0.3) is 5.91 Å². The van der Waals surface area contributed by atoms with Crippen LogP contribution >= 0.6 is 23.2 Å². The molecule has 0 radical (unpaired) electrons. The van der Waals surface area contributed by atoms with Gasteiger partial charge in [-0.2, -0.15) is 0 Å². The predicted octanol–water partition coefficient (Wildman–Crippen LogP) is 7.54. The van der Waals surface area contributed by atoms with Crippen molar-refractivity contribution in [2.75, 3.05) is 5.32 Å². The molecule has 3 aromatic rings. The van der Waals surface area contributed by atoms with Gasteiger partial charge in [0, 0.05) is 27.0 Å². The maximum Gasteiger partial charge on any atom is 0.253 e. The van der Waals surface area contributed by atoms with Gasteiger partial charge in [-0.25, -0.2) is 4.85 Å². The summed E-state index contributed by atoms with van der Waals surface area (Å²) in [6.07, 6.45) is 0. The van der Waals surface area contributed by atoms with Gasteiger partial charge in [-0.3, -0.25) is 4.79 Å². The Morgan fingerprint density at radius 3 is 2.41 bits per heavy atom. The molecule has 0 saturated heterocycles. The van der Waals surface area contributed by atoms with Gasteiger partial charge in [-0.15, -0.1) is 0 Å². The molecule has 1 atom stereocenters. The van der Waals surface area contributed by atoms with Crippen LogP contribution in [0.3, 0.4) is 0 Å². The lowest BCUT2D eigenvalue weighted by atomic mass is 9.83. The van der Waals surface area contributed by atoms with E-state index in [-0.39, 0.29) is 5.91 Å². The number of nitrogens with one attached hydrogen (secondary N) is 2. The minimum Gasteiger partial charge on any atom is -0.455 e. The summed E-state index contributed by atoms with van der Waals surface area (Å²) < 4.78 is 5.99. The molecule has 170 valence electrons. The Hall–Kier alpha value is -3.72. The summed E-state index contributed by atoms with van der Waals surface area (Å²) in [7, 11) is 0. The topological polar surface area (TPSA) is 54.7 Å². The average molecular weight is 490 g/mol. The number of hydrogen-bond donors (Lipinski definition) is 2. The lowest BCUT2D eigenvalue weighted by Gasteiger charge is -2.29. The van der Waals surface area contributed by atoms with Gasteiger partial charge in [0.05, 0.1) is 18.2 Å². The molecule has 0 fully saturated rings. The smallest absolute Gasteiger partial charge is 0.253 e. The van der Waals surface area contributed by atoms with Crippen LogP contribution in [0, 0.1) is 6.57 Å². The molecular formula is C27H21Cl2N3O2. The normalized spacial score (nSPS) is 15.4. The van der Waals surface area contributed by atoms with Gasteiger partial charge in [0.15, 0.2) is 11.4 Å². The lowest BCUT2D eigenvalue weighted by molar-refractivity contribution is -0.113. The number of ether oxygens (including phenoxy) is 1. The lowest BCUT2D eigenvalue weighted by Crippen LogP contribution is -2.30. The number of carbonyl (C=O) groups excluding carboxylic acids is 1. The van der Waals surface area contributed by atoms with E-state index in [1.165, 1.54) is 0 Å². The number of halogens is 2. The quantitative estimate of drug-likeness (QED) is 0.364. The van der Waals surface area contributed by atoms with Crippen LogP contribution in [0.4, 0.5) is 5.69 Å². The molecule has 7 heteroatoms. The first-order valence-corrected chi connectivity index (χ1v) is 11.3. The van der Waals surface area contributed by atoms with E-state index in [9.17, 15) is 4.79 Å². The van der Waals surface area contributed by atoms with E-state index in [1.807, 2.05) is 56.3 Å². The second-order valence-electron chi connectivity index (χ2n) is 7.75. The molecule has 2 N–H and O–H groups in total. The summed E-state index contributed by atoms with van der Waals surface area (Å²) >= 11 is 12.6. The van der Waals surface area contributed by atoms with Gasteiger partial charge in [-0.1, -0.05) is 59.6 Å². The van der Waals surface area contributed by atoms with E-state index in [0.29, 0.717) is 55.5 Å². The van der Waals surface area contributed by atoms with Crippen LogP contribution in [0.1, 0.15) is 25.3 Å². The molecule has 34 heavy (non-hydrogen) atoms. The molecule has 1 heterocycles. The first kappa shape index (κ1) is 23.4. The third-order valence-electron chi connectivity index (χ3n) is 5.47. The molecule has 0 aromatic heterocycles. The first-order chi connectivity index (χ1) is 16.4. The average Bonchev–Trinajstić information content (AvgIpc) is 2.80. The van der Waals surface area contributed by atoms with Gasteiger partial charge < -0.3 is 15.4 Å². The fourth-order valence-electron chi connectivity index (χ4n) is 3.93. The van der Waals surface area contributed by atoms with Crippen LogP contribution in [0.15, 0.2) is 95.5 Å². The number of hydrogen-bond acceptors (Lipinski definition) is 3. The van der Waals surface area contributed by atoms with Crippen molar-refractivity contribution in [2.24, 2.45) is 0 Å². The highest BCUT2D eigenvalue weighted by Gasteiger charge is 2.35. The number of rotatable bonds is 5. The van der Waals surface area contributed by atoms with Crippen molar-refractivity contribution in [3.05, 3.63) is 122 Å². The maximum atomic E-state index is 13.7. The zero-order chi connectivity index (χ0) is 24.2. The highest BCUT2D eigenvalue weighted by molar-refractivity contribution is 6.35. The molecule has 0 bridgehead atoms. The zero-order valence-electron chi connectivity index (χ0n) is 18.5. The summed E-state index contributed by atoms with van der Waals surface area (Å²) in [6, 6.07) is 21.6. The van der Waals surface area contributed by atoms with Gasteiger partial charge in [0.1, 0.15) is 5.75 Å². The summed E-state index contributed by atoms with van der Waals surface area (Å²) in [5.74, 6) is 0.144. The van der Waals surface area contributed by atoms with Crippen molar-refractivity contribution in [2.45, 2.75) is 19.8 Å². The summed E-state index contributed by atoms with van der Waals surface area (Å²) in [4.78, 5) is 17.4. The second-order valence-corrected chi connectivity index (χ2v) is 8.59. The summed E-state index contributed by atoms with van der Waals surface area (Å²) in [5.41, 5.74) is 3.25. The van der Waals surface area contributed by atoms with Crippen LogP contribution in [-0.4, -0.2) is 5.91 Å². The number of benzene rings is 3. The van der Waals surface area contributed by atoms with Crippen molar-refractivity contribution in [1.82, 2.24) is 5.32 Å². The number of para-hydroxylation sites is 3. The second kappa shape index (κ2) is 10.0. The number of anilines is 1. The van der Waals surface area contributed by atoms with Crippen LogP contribution in [0.5, 0.6) is 11.5 Å². The maximum absolute atomic E-state index is 13.7. The van der Waals surface area contributed by atoms with Crippen LogP contribution in [-0.2, 0) is 4.79 Å². The van der Waals surface area contributed by atoms with Gasteiger partial charge >= 0.3 is 0 Å². The third-order valence-corrected chi connectivity index (χ3v) is 6.03. The fraction of sp³-hybridized carbons (Fsp3) is 0.111. The molecule has 1 aliphatic rings. The summed E-state index contributed by atoms with van der Waals surface area (Å²) in [6.45, 7) is 11.4. The molecule has 0 aliphatic carbocycles. The molecule has 5 nitrogen and oxygen atoms in total. The van der Waals surface area contributed by atoms with Gasteiger partial charge in [-0.05, 0) is 55.8 Å². The number of amides is 1. The minimum atomic E-state index is -0.647. The number of dihydropyridines is 1. The Bertz CT molecular complexity index is 1360. The summed E-state index contributed by atoms with van der Waals surface area (Å²) in [5, 5.41) is 7.00. The van der Waals surface area contributed by atoms with E-state index in [4.69, 9.17) is 34.5 Å². The van der Waals surface area contributed by atoms with Crippen molar-refractivity contribution < 1.29 is 9.53 Å². The molecule has 1 aliphatic heterocycles. The number of nitrogens with zero attached hydrogens (tertiary/aromatic N) is 1. The minimum absolute atomic E-state index is 0.362. The fourth-order valence-corrected chi connectivity index (χ4v) is 4.45. The van der Waals surface area contributed by atoms with Crippen molar-refractivity contribution >= 4 is 34.8 Å². The molecule has 1 amide bonds. The van der Waals surface area contributed by atoms with E-state index in [2.05, 4.69) is 15.5 Å². The monoisotopic (exact) mass is 489 g/mol. The standard InChI is InChI=1S/C27H21Cl2N3O2/c1-16-24(25(26(30-3)17(2)31-16)20-14-13-18(28)15-21(20)29)27(33)32-22-11-7-8-12-23(22)34-19-9-5-4-6-10-19/h4-15,25,31H,1-2H3,(H,32,33). The Morgan fingerprint density at radius 2 is 1.71 bits per heavy atom. The van der Waals surface area contributed by atoms with E-state index >= 15 is 0 Å². The van der Waals surface area contributed by atoms with Crippen molar-refractivity contribution in [3.8, 4) is 11.5 Å². The largest absolute Gasteiger partial charge is 0.455 e. The molecular weight excluding hydrogens is 469 g/mol. The van der Waals surface area contributed by atoms with E-state index in [0.717, 1.165) is 0 Å². The molecule has 1 unspecified atom stereocenters. The first-order valence-electron chi connectivity index (χ1n) is 10.5. The number of carbonyl (C=O) groups is 1. The Morgan fingerprint density at radius 1 is 1.00 bits per heavy atom. The highest BCUT2D eigenvalue weighted by atomic mass is 35.5. The van der Waals surface area contributed by atoms with Crippen LogP contribution < -0.4 is 15.4 Å². The predicted molar refractivity (Wildman–Crippen MR) is 136 cm³/mol. The van der Waals surface area contributed by atoms with E-state index < -0.39 is 5.92 Å². The zero-order valence-corrected chi connectivity index (χ0v) is 20.0. The molecule has 3 aromatic carbocycles. The van der Waals surface area contributed by atoms with Crippen molar-refractivity contribution in [3.63, 3.8) is 0 Å². The van der Waals surface area contributed by atoms with Crippen molar-refractivity contribution in [1.29, 1.82) is 0 Å².